The van der Waals surface area contributed by atoms with Crippen LogP contribution in [0.4, 0.5) is 5.82 Å². The molecule has 3 rings (SSSR count). The number of hydrogen-bond acceptors (Lipinski definition) is 6. The van der Waals surface area contributed by atoms with Crippen molar-refractivity contribution in [2.45, 2.75) is 38.6 Å². The first-order valence-corrected chi connectivity index (χ1v) is 7.35. The molecule has 0 unspecified atom stereocenters. The van der Waals surface area contributed by atoms with Crippen LogP contribution in [0, 0.1) is 0 Å². The Labute approximate surface area is 128 Å². The summed E-state index contributed by atoms with van der Waals surface area (Å²) in [6.45, 7) is 4.68. The van der Waals surface area contributed by atoms with Gasteiger partial charge in [0.25, 0.3) is 5.89 Å². The lowest BCUT2D eigenvalue weighted by Gasteiger charge is -2.22. The molecule has 3 heterocycles. The van der Waals surface area contributed by atoms with Crippen molar-refractivity contribution in [1.82, 2.24) is 15.1 Å². The van der Waals surface area contributed by atoms with Crippen LogP contribution in [0.25, 0.3) is 11.5 Å². The third kappa shape index (κ3) is 2.66. The van der Waals surface area contributed by atoms with Gasteiger partial charge in [0.15, 0.2) is 5.82 Å². The molecule has 1 aliphatic heterocycles. The average molecular weight is 302 g/mol. The molecule has 22 heavy (non-hydrogen) atoms. The van der Waals surface area contributed by atoms with Gasteiger partial charge in [0, 0.05) is 24.2 Å². The summed E-state index contributed by atoms with van der Waals surface area (Å²) in [6.07, 6.45) is 3.13. The second-order valence-corrected chi connectivity index (χ2v) is 5.70. The molecular weight excluding hydrogens is 284 g/mol. The van der Waals surface area contributed by atoms with E-state index < -0.39 is 12.0 Å². The van der Waals surface area contributed by atoms with Crippen molar-refractivity contribution in [2.75, 3.05) is 11.4 Å². The van der Waals surface area contributed by atoms with Crippen molar-refractivity contribution in [3.63, 3.8) is 0 Å². The summed E-state index contributed by atoms with van der Waals surface area (Å²) in [5, 5.41) is 13.2. The second kappa shape index (κ2) is 5.75. The molecule has 0 aromatic carbocycles. The van der Waals surface area contributed by atoms with E-state index in [2.05, 4.69) is 15.1 Å². The highest BCUT2D eigenvalue weighted by Crippen LogP contribution is 2.28. The quantitative estimate of drug-likeness (QED) is 0.926. The number of aromatic nitrogens is 3. The topological polar surface area (TPSA) is 92.4 Å². The van der Waals surface area contributed by atoms with Gasteiger partial charge in [0.2, 0.25) is 0 Å². The lowest BCUT2D eigenvalue weighted by molar-refractivity contribution is -0.138. The van der Waals surface area contributed by atoms with Crippen LogP contribution in [-0.4, -0.2) is 38.8 Å². The molecule has 1 fully saturated rings. The van der Waals surface area contributed by atoms with Crippen LogP contribution in [0.5, 0.6) is 0 Å². The molecule has 7 nitrogen and oxygen atoms in total. The van der Waals surface area contributed by atoms with E-state index in [0.717, 1.165) is 12.0 Å². The second-order valence-electron chi connectivity index (χ2n) is 5.70. The Morgan fingerprint density at radius 3 is 3.00 bits per heavy atom. The van der Waals surface area contributed by atoms with Crippen molar-refractivity contribution in [1.29, 1.82) is 0 Å². The minimum absolute atomic E-state index is 0.189. The summed E-state index contributed by atoms with van der Waals surface area (Å²) in [6, 6.07) is 3.07. The van der Waals surface area contributed by atoms with Gasteiger partial charge in [-0.15, -0.1) is 0 Å². The van der Waals surface area contributed by atoms with E-state index in [9.17, 15) is 9.90 Å². The van der Waals surface area contributed by atoms with Gasteiger partial charge in [-0.05, 0) is 25.0 Å². The fourth-order valence-corrected chi connectivity index (χ4v) is 2.59. The van der Waals surface area contributed by atoms with E-state index in [1.165, 1.54) is 0 Å². The van der Waals surface area contributed by atoms with Gasteiger partial charge >= 0.3 is 5.97 Å². The Morgan fingerprint density at radius 2 is 2.32 bits per heavy atom. The maximum atomic E-state index is 11.3. The minimum Gasteiger partial charge on any atom is -0.480 e. The molecule has 0 spiro atoms. The maximum Gasteiger partial charge on any atom is 0.326 e. The van der Waals surface area contributed by atoms with Gasteiger partial charge in [0.05, 0.1) is 0 Å². The molecule has 0 bridgehead atoms. The fraction of sp³-hybridized carbons (Fsp3) is 0.467. The first-order chi connectivity index (χ1) is 10.6. The molecular formula is C15H18N4O3. The number of rotatable bonds is 4. The van der Waals surface area contributed by atoms with E-state index in [0.29, 0.717) is 30.5 Å². The van der Waals surface area contributed by atoms with Gasteiger partial charge < -0.3 is 14.5 Å². The summed E-state index contributed by atoms with van der Waals surface area (Å²) in [7, 11) is 0. The van der Waals surface area contributed by atoms with E-state index in [4.69, 9.17) is 4.52 Å². The normalized spacial score (nSPS) is 18.1. The predicted molar refractivity (Wildman–Crippen MR) is 79.6 cm³/mol. The van der Waals surface area contributed by atoms with Crippen LogP contribution < -0.4 is 4.90 Å². The third-order valence-corrected chi connectivity index (χ3v) is 3.78. The predicted octanol–water partition coefficient (Wildman–Crippen LogP) is 2.31. The van der Waals surface area contributed by atoms with Crippen molar-refractivity contribution in [2.24, 2.45) is 0 Å². The number of pyridine rings is 1. The van der Waals surface area contributed by atoms with E-state index in [-0.39, 0.29) is 5.92 Å². The molecule has 1 saturated heterocycles. The number of hydrogen-bond donors (Lipinski definition) is 1. The van der Waals surface area contributed by atoms with Crippen LogP contribution in [0.15, 0.2) is 22.9 Å². The molecule has 116 valence electrons. The molecule has 0 aliphatic carbocycles. The van der Waals surface area contributed by atoms with Crippen molar-refractivity contribution >= 4 is 11.8 Å². The molecule has 2 aromatic heterocycles. The summed E-state index contributed by atoms with van der Waals surface area (Å²) >= 11 is 0. The smallest absolute Gasteiger partial charge is 0.326 e. The average Bonchev–Trinajstić information content (AvgIpc) is 3.17. The highest BCUT2D eigenvalue weighted by molar-refractivity contribution is 5.78. The summed E-state index contributed by atoms with van der Waals surface area (Å²) in [5.74, 6) is 1.08. The van der Waals surface area contributed by atoms with Crippen LogP contribution in [-0.2, 0) is 4.79 Å². The highest BCUT2D eigenvalue weighted by Gasteiger charge is 2.31. The van der Waals surface area contributed by atoms with E-state index in [1.54, 1.807) is 18.3 Å². The zero-order valence-corrected chi connectivity index (χ0v) is 12.6. The largest absolute Gasteiger partial charge is 0.480 e. The van der Waals surface area contributed by atoms with Crippen LogP contribution in [0.3, 0.4) is 0 Å². The molecule has 1 aliphatic rings. The Bertz CT molecular complexity index is 683. The van der Waals surface area contributed by atoms with Gasteiger partial charge in [0.1, 0.15) is 11.9 Å². The number of nitrogens with zero attached hydrogens (tertiary/aromatic N) is 4. The number of carboxylic acid groups (broad SMARTS) is 1. The molecule has 0 saturated carbocycles. The lowest BCUT2D eigenvalue weighted by Crippen LogP contribution is -2.36. The van der Waals surface area contributed by atoms with Crippen molar-refractivity contribution in [3.8, 4) is 11.5 Å². The highest BCUT2D eigenvalue weighted by atomic mass is 16.5. The number of carboxylic acids is 1. The molecule has 7 heteroatoms. The van der Waals surface area contributed by atoms with Crippen LogP contribution in [0.2, 0.25) is 0 Å². The molecule has 1 N–H and O–H groups in total. The zero-order valence-electron chi connectivity index (χ0n) is 12.6. The van der Waals surface area contributed by atoms with Gasteiger partial charge in [-0.25, -0.2) is 9.78 Å². The van der Waals surface area contributed by atoms with Crippen molar-refractivity contribution in [3.05, 3.63) is 24.2 Å². The minimum atomic E-state index is -0.815. The SMILES string of the molecule is CC(C)c1noc(-c2ccnc(N3CCC[C@H]3C(=O)O)c2)n1. The Hall–Kier alpha value is -2.44. The molecule has 0 radical (unpaired) electrons. The summed E-state index contributed by atoms with van der Waals surface area (Å²) in [5.41, 5.74) is 0.750. The first-order valence-electron chi connectivity index (χ1n) is 7.35. The summed E-state index contributed by atoms with van der Waals surface area (Å²) in [4.78, 5) is 21.8. The Morgan fingerprint density at radius 1 is 1.50 bits per heavy atom. The number of anilines is 1. The van der Waals surface area contributed by atoms with Gasteiger partial charge in [-0.3, -0.25) is 0 Å². The van der Waals surface area contributed by atoms with Crippen LogP contribution in [0.1, 0.15) is 38.4 Å². The molecule has 0 amide bonds. The van der Waals surface area contributed by atoms with Crippen LogP contribution >= 0.6 is 0 Å². The summed E-state index contributed by atoms with van der Waals surface area (Å²) < 4.78 is 5.28. The standard InChI is InChI=1S/C15H18N4O3/c1-9(2)13-17-14(22-18-13)10-5-6-16-12(8-10)19-7-3-4-11(19)15(20)21/h5-6,8-9,11H,3-4,7H2,1-2H3,(H,20,21)/t11-/m0/s1. The number of carbonyl (C=O) groups is 1. The maximum absolute atomic E-state index is 11.3. The van der Waals surface area contributed by atoms with Gasteiger partial charge in [-0.2, -0.15) is 4.98 Å². The molecule has 1 atom stereocenters. The first kappa shape index (κ1) is 14.5. The van der Waals surface area contributed by atoms with Gasteiger partial charge in [-0.1, -0.05) is 19.0 Å². The fourth-order valence-electron chi connectivity index (χ4n) is 2.59. The third-order valence-electron chi connectivity index (χ3n) is 3.78. The molecule has 2 aromatic rings. The monoisotopic (exact) mass is 302 g/mol. The number of aliphatic carboxylic acids is 1. The lowest BCUT2D eigenvalue weighted by atomic mass is 10.2. The Kier molecular flexibility index (Phi) is 3.79. The Balaban J connectivity index is 1.90. The zero-order chi connectivity index (χ0) is 15.7. The van der Waals surface area contributed by atoms with Crippen molar-refractivity contribution < 1.29 is 14.4 Å². The van der Waals surface area contributed by atoms with E-state index >= 15 is 0 Å². The van der Waals surface area contributed by atoms with E-state index in [1.807, 2.05) is 18.7 Å².